The minimum Gasteiger partial charge on any atom is -0.455 e. The molecule has 0 aliphatic rings. The summed E-state index contributed by atoms with van der Waals surface area (Å²) in [4.78, 5) is 39.6. The lowest BCUT2D eigenvalue weighted by atomic mass is 10.0. The molecule has 0 fully saturated rings. The number of para-hydroxylation sites is 1. The summed E-state index contributed by atoms with van der Waals surface area (Å²) in [5.74, 6) is -0.224. The van der Waals surface area contributed by atoms with Gasteiger partial charge in [-0.25, -0.2) is 0 Å². The maximum absolute atomic E-state index is 13.1. The van der Waals surface area contributed by atoms with E-state index in [-0.39, 0.29) is 29.0 Å². The average molecular weight is 406 g/mol. The lowest BCUT2D eigenvalue weighted by Crippen LogP contribution is -2.46. The Hall–Kier alpha value is -3.41. The van der Waals surface area contributed by atoms with Crippen LogP contribution in [0, 0.1) is 6.92 Å². The standard InChI is InChI=1S/C24H26N2O4/c1-15-20(28)17-12-9-13-18(22(17)30-21(15)16-10-7-6-8-11-16)23(29)26(5)14-19(27)25-24(2,3)4/h6-13H,14H2,1-5H3,(H,25,27). The molecule has 0 aliphatic carbocycles. The zero-order valence-electron chi connectivity index (χ0n) is 17.9. The molecule has 0 saturated heterocycles. The number of benzene rings is 2. The third-order valence-electron chi connectivity index (χ3n) is 4.65. The molecule has 1 N–H and O–H groups in total. The summed E-state index contributed by atoms with van der Waals surface area (Å²) in [6, 6.07) is 14.2. The smallest absolute Gasteiger partial charge is 0.257 e. The Kier molecular flexibility index (Phi) is 5.78. The molecule has 0 spiro atoms. The fourth-order valence-corrected chi connectivity index (χ4v) is 3.29. The van der Waals surface area contributed by atoms with Gasteiger partial charge in [-0.2, -0.15) is 0 Å². The van der Waals surface area contributed by atoms with Gasteiger partial charge in [0.1, 0.15) is 5.76 Å². The molecule has 3 aromatic rings. The minimum atomic E-state index is -0.394. The number of fused-ring (bicyclic) bond motifs is 1. The van der Waals surface area contributed by atoms with E-state index in [1.54, 1.807) is 32.2 Å². The number of nitrogens with zero attached hydrogens (tertiary/aromatic N) is 1. The molecule has 1 aromatic heterocycles. The van der Waals surface area contributed by atoms with Gasteiger partial charge in [0.2, 0.25) is 5.91 Å². The summed E-state index contributed by atoms with van der Waals surface area (Å²) < 4.78 is 6.10. The van der Waals surface area contributed by atoms with Gasteiger partial charge >= 0.3 is 0 Å². The van der Waals surface area contributed by atoms with Crippen molar-refractivity contribution in [3.05, 3.63) is 69.9 Å². The molecule has 3 rings (SSSR count). The van der Waals surface area contributed by atoms with Gasteiger partial charge in [-0.15, -0.1) is 0 Å². The van der Waals surface area contributed by atoms with Crippen molar-refractivity contribution in [2.75, 3.05) is 13.6 Å². The molecule has 0 aliphatic heterocycles. The first-order valence-corrected chi connectivity index (χ1v) is 9.77. The third-order valence-corrected chi connectivity index (χ3v) is 4.65. The van der Waals surface area contributed by atoms with Gasteiger partial charge in [0, 0.05) is 23.7 Å². The van der Waals surface area contributed by atoms with Crippen LogP contribution in [0.25, 0.3) is 22.3 Å². The van der Waals surface area contributed by atoms with Crippen LogP contribution in [0.4, 0.5) is 0 Å². The molecule has 6 nitrogen and oxygen atoms in total. The van der Waals surface area contributed by atoms with Gasteiger partial charge in [0.05, 0.1) is 17.5 Å². The maximum atomic E-state index is 13.1. The predicted molar refractivity (Wildman–Crippen MR) is 118 cm³/mol. The summed E-state index contributed by atoms with van der Waals surface area (Å²) in [5, 5.41) is 3.17. The Balaban J connectivity index is 2.04. The summed E-state index contributed by atoms with van der Waals surface area (Å²) in [7, 11) is 1.55. The fourth-order valence-electron chi connectivity index (χ4n) is 3.29. The van der Waals surface area contributed by atoms with Gasteiger partial charge in [0.25, 0.3) is 5.91 Å². The van der Waals surface area contributed by atoms with Gasteiger partial charge in [-0.05, 0) is 39.8 Å². The van der Waals surface area contributed by atoms with E-state index in [2.05, 4.69) is 5.32 Å². The summed E-state index contributed by atoms with van der Waals surface area (Å²) >= 11 is 0. The number of nitrogens with one attached hydrogen (secondary N) is 1. The van der Waals surface area contributed by atoms with Crippen LogP contribution in [0.5, 0.6) is 0 Å². The van der Waals surface area contributed by atoms with E-state index in [9.17, 15) is 14.4 Å². The van der Waals surface area contributed by atoms with E-state index >= 15 is 0 Å². The number of amides is 2. The predicted octanol–water partition coefficient (Wildman–Crippen LogP) is 3.76. The van der Waals surface area contributed by atoms with Crippen LogP contribution in [-0.2, 0) is 4.79 Å². The normalized spacial score (nSPS) is 11.4. The topological polar surface area (TPSA) is 79.6 Å². The summed E-state index contributed by atoms with van der Waals surface area (Å²) in [5.41, 5.74) is 1.13. The second-order valence-corrected chi connectivity index (χ2v) is 8.39. The van der Waals surface area contributed by atoms with Crippen molar-refractivity contribution in [2.24, 2.45) is 0 Å². The van der Waals surface area contributed by atoms with Crippen LogP contribution in [0.2, 0.25) is 0 Å². The van der Waals surface area contributed by atoms with Crippen molar-refractivity contribution >= 4 is 22.8 Å². The highest BCUT2D eigenvalue weighted by molar-refractivity contribution is 6.06. The molecule has 0 unspecified atom stereocenters. The molecule has 156 valence electrons. The van der Waals surface area contributed by atoms with Crippen LogP contribution in [-0.4, -0.2) is 35.8 Å². The zero-order valence-corrected chi connectivity index (χ0v) is 17.9. The Morgan fingerprint density at radius 2 is 1.70 bits per heavy atom. The first kappa shape index (κ1) is 21.3. The number of hydrogen-bond acceptors (Lipinski definition) is 4. The fraction of sp³-hybridized carbons (Fsp3) is 0.292. The van der Waals surface area contributed by atoms with Crippen molar-refractivity contribution in [1.82, 2.24) is 10.2 Å². The number of carbonyl (C=O) groups is 2. The highest BCUT2D eigenvalue weighted by Gasteiger charge is 2.23. The Bertz CT molecular complexity index is 1160. The Morgan fingerprint density at radius 1 is 1.03 bits per heavy atom. The van der Waals surface area contributed by atoms with E-state index in [4.69, 9.17) is 4.42 Å². The van der Waals surface area contributed by atoms with E-state index in [1.165, 1.54) is 4.90 Å². The Morgan fingerprint density at radius 3 is 2.33 bits per heavy atom. The third kappa shape index (κ3) is 4.43. The number of rotatable bonds is 4. The van der Waals surface area contributed by atoms with Crippen LogP contribution < -0.4 is 10.7 Å². The van der Waals surface area contributed by atoms with Crippen LogP contribution >= 0.6 is 0 Å². The van der Waals surface area contributed by atoms with E-state index in [1.807, 2.05) is 51.1 Å². The van der Waals surface area contributed by atoms with Crippen molar-refractivity contribution in [3.8, 4) is 11.3 Å². The van der Waals surface area contributed by atoms with E-state index in [0.29, 0.717) is 16.7 Å². The quantitative estimate of drug-likeness (QED) is 0.716. The highest BCUT2D eigenvalue weighted by Crippen LogP contribution is 2.27. The second kappa shape index (κ2) is 8.14. The first-order chi connectivity index (χ1) is 14.1. The van der Waals surface area contributed by atoms with Crippen molar-refractivity contribution < 1.29 is 14.0 Å². The molecule has 0 bridgehead atoms. The van der Waals surface area contributed by atoms with Crippen LogP contribution in [0.1, 0.15) is 36.7 Å². The minimum absolute atomic E-state index is 0.103. The van der Waals surface area contributed by atoms with Gasteiger partial charge in [-0.1, -0.05) is 36.4 Å². The van der Waals surface area contributed by atoms with Crippen LogP contribution in [0.15, 0.2) is 57.7 Å². The number of carbonyl (C=O) groups excluding carboxylic acids is 2. The monoisotopic (exact) mass is 406 g/mol. The number of hydrogen-bond donors (Lipinski definition) is 1. The SMILES string of the molecule is Cc1c(-c2ccccc2)oc2c(C(=O)N(C)CC(=O)NC(C)(C)C)cccc2c1=O. The molecule has 30 heavy (non-hydrogen) atoms. The Labute approximate surface area is 175 Å². The zero-order chi connectivity index (χ0) is 22.1. The van der Waals surface area contributed by atoms with Crippen molar-refractivity contribution in [2.45, 2.75) is 33.2 Å². The van der Waals surface area contributed by atoms with Gasteiger partial charge < -0.3 is 14.6 Å². The van der Waals surface area contributed by atoms with E-state index < -0.39 is 11.4 Å². The van der Waals surface area contributed by atoms with Gasteiger partial charge in [0.15, 0.2) is 11.0 Å². The molecule has 2 aromatic carbocycles. The lowest BCUT2D eigenvalue weighted by Gasteiger charge is -2.23. The molecule has 0 radical (unpaired) electrons. The van der Waals surface area contributed by atoms with Crippen molar-refractivity contribution in [3.63, 3.8) is 0 Å². The van der Waals surface area contributed by atoms with E-state index in [0.717, 1.165) is 5.56 Å². The average Bonchev–Trinajstić information content (AvgIpc) is 2.68. The molecule has 0 saturated carbocycles. The van der Waals surface area contributed by atoms with Gasteiger partial charge in [-0.3, -0.25) is 14.4 Å². The summed E-state index contributed by atoms with van der Waals surface area (Å²) in [6.07, 6.45) is 0. The molecule has 0 atom stereocenters. The molecule has 2 amide bonds. The molecule has 1 heterocycles. The molecule has 6 heteroatoms. The first-order valence-electron chi connectivity index (χ1n) is 9.77. The lowest BCUT2D eigenvalue weighted by molar-refractivity contribution is -0.122. The largest absolute Gasteiger partial charge is 0.455 e. The number of likely N-dealkylation sites (N-methyl/N-ethyl adjacent to an activating group) is 1. The molecular weight excluding hydrogens is 380 g/mol. The second-order valence-electron chi connectivity index (χ2n) is 8.39. The van der Waals surface area contributed by atoms with Crippen molar-refractivity contribution in [1.29, 1.82) is 0 Å². The molecular formula is C24H26N2O4. The highest BCUT2D eigenvalue weighted by atomic mass is 16.3. The van der Waals surface area contributed by atoms with Crippen LogP contribution in [0.3, 0.4) is 0 Å². The summed E-state index contributed by atoms with van der Waals surface area (Å²) in [6.45, 7) is 7.23. The maximum Gasteiger partial charge on any atom is 0.257 e.